The van der Waals surface area contributed by atoms with Crippen LogP contribution in [0.4, 0.5) is 5.69 Å². The smallest absolute Gasteiger partial charge is 0.264 e. The van der Waals surface area contributed by atoms with Crippen molar-refractivity contribution < 1.29 is 18.0 Å². The van der Waals surface area contributed by atoms with Gasteiger partial charge in [-0.1, -0.05) is 65.5 Å². The summed E-state index contributed by atoms with van der Waals surface area (Å²) in [6.45, 7) is 3.25. The predicted octanol–water partition coefficient (Wildman–Crippen LogP) is 6.44. The monoisotopic (exact) mass is 629 g/mol. The second kappa shape index (κ2) is 13.7. The molecule has 2 amide bonds. The van der Waals surface area contributed by atoms with Crippen LogP contribution in [0.15, 0.2) is 71.6 Å². The van der Waals surface area contributed by atoms with E-state index in [-0.39, 0.29) is 34.5 Å². The van der Waals surface area contributed by atoms with E-state index < -0.39 is 28.5 Å². The summed E-state index contributed by atoms with van der Waals surface area (Å²) < 4.78 is 28.5. The number of carbonyl (C=O) groups excluding carboxylic acids is 2. The molecule has 3 aromatic carbocycles. The van der Waals surface area contributed by atoms with E-state index >= 15 is 0 Å². The third-order valence-electron chi connectivity index (χ3n) is 5.87. The van der Waals surface area contributed by atoms with E-state index in [0.29, 0.717) is 27.2 Å². The lowest BCUT2D eigenvalue weighted by molar-refractivity contribution is -0.140. The molecular formula is C27H27Cl4N3O4S. The molecule has 208 valence electrons. The molecule has 0 aliphatic rings. The van der Waals surface area contributed by atoms with Crippen molar-refractivity contribution in [1.29, 1.82) is 0 Å². The Bertz CT molecular complexity index is 1440. The van der Waals surface area contributed by atoms with Gasteiger partial charge in [0.05, 0.1) is 10.6 Å². The minimum Gasteiger partial charge on any atom is -0.355 e. The molecule has 0 radical (unpaired) electrons. The number of amides is 2. The van der Waals surface area contributed by atoms with Crippen LogP contribution < -0.4 is 9.62 Å². The number of benzene rings is 3. The Hall–Kier alpha value is -2.49. The summed E-state index contributed by atoms with van der Waals surface area (Å²) in [7, 11) is -4.24. The van der Waals surface area contributed by atoms with Crippen LogP contribution in [-0.4, -0.2) is 44.3 Å². The fourth-order valence-electron chi connectivity index (χ4n) is 3.94. The maximum Gasteiger partial charge on any atom is 0.264 e. The molecule has 12 heteroatoms. The average Bonchev–Trinajstić information content (AvgIpc) is 2.88. The predicted molar refractivity (Wildman–Crippen MR) is 157 cm³/mol. The van der Waals surface area contributed by atoms with Gasteiger partial charge in [0, 0.05) is 33.2 Å². The minimum absolute atomic E-state index is 0.0468. The maximum atomic E-state index is 14.0. The van der Waals surface area contributed by atoms with Crippen LogP contribution >= 0.6 is 46.4 Å². The number of sulfonamides is 1. The lowest BCUT2D eigenvalue weighted by Crippen LogP contribution is -2.52. The summed E-state index contributed by atoms with van der Waals surface area (Å²) in [4.78, 5) is 28.2. The first-order valence-electron chi connectivity index (χ1n) is 12.0. The van der Waals surface area contributed by atoms with Gasteiger partial charge in [0.1, 0.15) is 12.6 Å². The quantitative estimate of drug-likeness (QED) is 0.264. The molecule has 1 N–H and O–H groups in total. The first-order chi connectivity index (χ1) is 18.5. The van der Waals surface area contributed by atoms with Crippen molar-refractivity contribution in [3.05, 3.63) is 92.4 Å². The third-order valence-corrected chi connectivity index (χ3v) is 8.73. The van der Waals surface area contributed by atoms with Crippen molar-refractivity contribution in [2.75, 3.05) is 17.4 Å². The summed E-state index contributed by atoms with van der Waals surface area (Å²) in [6.07, 6.45) is 0.282. The van der Waals surface area contributed by atoms with Gasteiger partial charge < -0.3 is 10.2 Å². The van der Waals surface area contributed by atoms with E-state index in [9.17, 15) is 18.0 Å². The molecule has 0 heterocycles. The number of likely N-dealkylation sites (N-methyl/N-ethyl adjacent to an activating group) is 1. The van der Waals surface area contributed by atoms with Gasteiger partial charge in [0.2, 0.25) is 11.8 Å². The van der Waals surface area contributed by atoms with Crippen molar-refractivity contribution in [3.63, 3.8) is 0 Å². The zero-order chi connectivity index (χ0) is 28.7. The molecule has 0 aromatic heterocycles. The van der Waals surface area contributed by atoms with Crippen molar-refractivity contribution in [1.82, 2.24) is 10.2 Å². The minimum atomic E-state index is -4.24. The Labute approximate surface area is 248 Å². The van der Waals surface area contributed by atoms with E-state index in [1.165, 1.54) is 47.4 Å². The van der Waals surface area contributed by atoms with E-state index in [1.54, 1.807) is 38.1 Å². The number of hydrogen-bond acceptors (Lipinski definition) is 4. The molecule has 0 fully saturated rings. The van der Waals surface area contributed by atoms with E-state index in [2.05, 4.69) is 5.32 Å². The van der Waals surface area contributed by atoms with Gasteiger partial charge in [0.25, 0.3) is 10.0 Å². The number of hydrogen-bond donors (Lipinski definition) is 1. The number of halogens is 4. The molecule has 0 saturated heterocycles. The van der Waals surface area contributed by atoms with Gasteiger partial charge in [-0.25, -0.2) is 8.42 Å². The summed E-state index contributed by atoms with van der Waals surface area (Å²) in [6, 6.07) is 15.7. The Morgan fingerprint density at radius 3 is 2.10 bits per heavy atom. The van der Waals surface area contributed by atoms with Crippen molar-refractivity contribution in [2.24, 2.45) is 0 Å². The first-order valence-corrected chi connectivity index (χ1v) is 15.0. The molecule has 0 aliphatic heterocycles. The number of rotatable bonds is 11. The van der Waals surface area contributed by atoms with Gasteiger partial charge in [-0.2, -0.15) is 0 Å². The number of nitrogens with zero attached hydrogens (tertiary/aromatic N) is 2. The molecule has 39 heavy (non-hydrogen) atoms. The van der Waals surface area contributed by atoms with Crippen LogP contribution in [0.2, 0.25) is 20.1 Å². The zero-order valence-electron chi connectivity index (χ0n) is 21.2. The van der Waals surface area contributed by atoms with Crippen LogP contribution in [0, 0.1) is 0 Å². The highest BCUT2D eigenvalue weighted by Gasteiger charge is 2.34. The van der Waals surface area contributed by atoms with Crippen LogP contribution in [-0.2, 0) is 26.2 Å². The average molecular weight is 631 g/mol. The van der Waals surface area contributed by atoms with Gasteiger partial charge in [0.15, 0.2) is 0 Å². The highest BCUT2D eigenvalue weighted by atomic mass is 35.5. The van der Waals surface area contributed by atoms with Crippen molar-refractivity contribution >= 4 is 73.9 Å². The lowest BCUT2D eigenvalue weighted by atomic mass is 10.1. The summed E-state index contributed by atoms with van der Waals surface area (Å²) in [5.41, 5.74) is 0.730. The zero-order valence-corrected chi connectivity index (χ0v) is 25.0. The van der Waals surface area contributed by atoms with Crippen LogP contribution in [0.1, 0.15) is 25.8 Å². The Morgan fingerprint density at radius 2 is 1.51 bits per heavy atom. The fraction of sp³-hybridized carbons (Fsp3) is 0.259. The maximum absolute atomic E-state index is 14.0. The molecule has 3 aromatic rings. The van der Waals surface area contributed by atoms with Crippen molar-refractivity contribution in [3.8, 4) is 0 Å². The van der Waals surface area contributed by atoms with Crippen LogP contribution in [0.5, 0.6) is 0 Å². The largest absolute Gasteiger partial charge is 0.355 e. The fourth-order valence-corrected chi connectivity index (χ4v) is 6.12. The van der Waals surface area contributed by atoms with Gasteiger partial charge in [-0.15, -0.1) is 0 Å². The van der Waals surface area contributed by atoms with Crippen LogP contribution in [0.3, 0.4) is 0 Å². The van der Waals surface area contributed by atoms with Crippen molar-refractivity contribution in [2.45, 2.75) is 37.8 Å². The number of nitrogens with one attached hydrogen (secondary N) is 1. The Morgan fingerprint density at radius 1 is 0.872 bits per heavy atom. The molecule has 1 atom stereocenters. The molecule has 0 spiro atoms. The number of carbonyl (C=O) groups is 2. The second-order valence-corrected chi connectivity index (χ2v) is 12.1. The topological polar surface area (TPSA) is 86.8 Å². The second-order valence-electron chi connectivity index (χ2n) is 8.52. The molecule has 0 bridgehead atoms. The van der Waals surface area contributed by atoms with E-state index in [4.69, 9.17) is 46.4 Å². The molecule has 0 saturated carbocycles. The molecule has 0 aliphatic carbocycles. The molecular weight excluding hydrogens is 604 g/mol. The standard InChI is InChI=1S/C27H27Cl4N3O4S/c1-3-25(27(36)32-4-2)33(16-18-8-9-21(30)15-24(18)31)26(35)17-34(22-7-5-6-20(29)14-22)39(37,38)23-12-10-19(28)11-13-23/h5-15,25H,3-4,16-17H2,1-2H3,(H,32,36)/t25-/m0/s1. The lowest BCUT2D eigenvalue weighted by Gasteiger charge is -2.33. The SMILES string of the molecule is CCNC(=O)[C@H](CC)N(Cc1ccc(Cl)cc1Cl)C(=O)CN(c1cccc(Cl)c1)S(=O)(=O)c1ccc(Cl)cc1. The summed E-state index contributed by atoms with van der Waals surface area (Å²) in [5, 5.41) is 4.12. The molecule has 0 unspecified atom stereocenters. The normalized spacial score (nSPS) is 12.1. The Kier molecular flexibility index (Phi) is 10.9. The van der Waals surface area contributed by atoms with Gasteiger partial charge >= 0.3 is 0 Å². The summed E-state index contributed by atoms with van der Waals surface area (Å²) in [5.74, 6) is -0.982. The van der Waals surface area contributed by atoms with Gasteiger partial charge in [-0.05, 0) is 73.5 Å². The highest BCUT2D eigenvalue weighted by Crippen LogP contribution is 2.28. The third kappa shape index (κ3) is 7.80. The van der Waals surface area contributed by atoms with Gasteiger partial charge in [-0.3, -0.25) is 13.9 Å². The number of anilines is 1. The van der Waals surface area contributed by atoms with E-state index in [0.717, 1.165) is 4.31 Å². The summed E-state index contributed by atoms with van der Waals surface area (Å²) >= 11 is 24.6. The molecule has 7 nitrogen and oxygen atoms in total. The first kappa shape index (κ1) is 31.0. The van der Waals surface area contributed by atoms with Crippen LogP contribution in [0.25, 0.3) is 0 Å². The Balaban J connectivity index is 2.08. The highest BCUT2D eigenvalue weighted by molar-refractivity contribution is 7.92. The van der Waals surface area contributed by atoms with E-state index in [1.807, 2.05) is 0 Å². The molecule has 3 rings (SSSR count).